The van der Waals surface area contributed by atoms with Crippen molar-refractivity contribution in [1.29, 1.82) is 0 Å². The summed E-state index contributed by atoms with van der Waals surface area (Å²) in [6.07, 6.45) is 4.39. The van der Waals surface area contributed by atoms with E-state index in [1.165, 1.54) is 16.9 Å². The number of hydrogen-bond donors (Lipinski definition) is 1. The summed E-state index contributed by atoms with van der Waals surface area (Å²) in [5.74, 6) is 0.947. The van der Waals surface area contributed by atoms with E-state index >= 15 is 0 Å². The molecule has 1 N–H and O–H groups in total. The zero-order valence-electron chi connectivity index (χ0n) is 17.8. The van der Waals surface area contributed by atoms with E-state index in [-0.39, 0.29) is 11.8 Å². The van der Waals surface area contributed by atoms with Crippen molar-refractivity contribution in [2.75, 3.05) is 39.3 Å². The molecule has 1 fully saturated rings. The maximum Gasteiger partial charge on any atom is 0.264 e. The lowest BCUT2D eigenvalue weighted by Crippen LogP contribution is -2.51. The average Bonchev–Trinajstić information content (AvgIpc) is 3.09. The van der Waals surface area contributed by atoms with Gasteiger partial charge in [-0.3, -0.25) is 14.5 Å². The lowest BCUT2D eigenvalue weighted by atomic mass is 9.72. The van der Waals surface area contributed by atoms with Gasteiger partial charge in [-0.2, -0.15) is 0 Å². The summed E-state index contributed by atoms with van der Waals surface area (Å²) < 4.78 is 0. The molecule has 6 heteroatoms. The zero-order chi connectivity index (χ0) is 20.3. The first-order valence-electron chi connectivity index (χ1n) is 10.7. The number of hydrogen-bond acceptors (Lipinski definition) is 4. The van der Waals surface area contributed by atoms with Crippen LogP contribution in [0.3, 0.4) is 0 Å². The Kier molecular flexibility index (Phi) is 6.81. The van der Waals surface area contributed by atoms with E-state index in [1.807, 2.05) is 4.90 Å². The summed E-state index contributed by atoms with van der Waals surface area (Å²) in [5, 5.41) is 2.92. The molecule has 1 saturated heterocycles. The number of fused-ring (bicyclic) bond motifs is 1. The SMILES string of the molecule is CCCNC(=O)CN1CCN(C(=O)c2cc3c(s2)CCC(C(C)(C)C)C3)CC1. The number of piperazine rings is 1. The first-order chi connectivity index (χ1) is 13.3. The van der Waals surface area contributed by atoms with Crippen molar-refractivity contribution in [3.63, 3.8) is 0 Å². The van der Waals surface area contributed by atoms with Crippen LogP contribution in [0.5, 0.6) is 0 Å². The highest BCUT2D eigenvalue weighted by Gasteiger charge is 2.31. The molecule has 0 bridgehead atoms. The van der Waals surface area contributed by atoms with Gasteiger partial charge in [-0.15, -0.1) is 11.3 Å². The molecule has 1 unspecified atom stereocenters. The van der Waals surface area contributed by atoms with Crippen LogP contribution in [0, 0.1) is 11.3 Å². The Labute approximate surface area is 173 Å². The van der Waals surface area contributed by atoms with Gasteiger partial charge < -0.3 is 10.2 Å². The predicted octanol–water partition coefficient (Wildman–Crippen LogP) is 3.18. The molecule has 0 radical (unpaired) electrons. The Morgan fingerprint density at radius 3 is 2.57 bits per heavy atom. The molecule has 28 heavy (non-hydrogen) atoms. The Morgan fingerprint density at radius 2 is 1.93 bits per heavy atom. The third kappa shape index (κ3) is 5.15. The molecular formula is C22H35N3O2S. The smallest absolute Gasteiger partial charge is 0.264 e. The van der Waals surface area contributed by atoms with Crippen LogP contribution in [0.25, 0.3) is 0 Å². The Bertz CT molecular complexity index is 699. The summed E-state index contributed by atoms with van der Waals surface area (Å²) >= 11 is 1.70. The minimum atomic E-state index is 0.0842. The third-order valence-electron chi connectivity index (χ3n) is 6.12. The summed E-state index contributed by atoms with van der Waals surface area (Å²) in [4.78, 5) is 31.3. The molecule has 156 valence electrons. The maximum atomic E-state index is 13.0. The van der Waals surface area contributed by atoms with Gasteiger partial charge in [-0.1, -0.05) is 27.7 Å². The lowest BCUT2D eigenvalue weighted by Gasteiger charge is -2.34. The molecule has 0 saturated carbocycles. The molecule has 0 spiro atoms. The van der Waals surface area contributed by atoms with E-state index in [4.69, 9.17) is 0 Å². The largest absolute Gasteiger partial charge is 0.355 e. The van der Waals surface area contributed by atoms with Gasteiger partial charge in [0.05, 0.1) is 11.4 Å². The average molecular weight is 406 g/mol. The molecule has 1 atom stereocenters. The zero-order valence-corrected chi connectivity index (χ0v) is 18.7. The topological polar surface area (TPSA) is 52.7 Å². The minimum Gasteiger partial charge on any atom is -0.355 e. The van der Waals surface area contributed by atoms with Crippen LogP contribution >= 0.6 is 11.3 Å². The second-order valence-corrected chi connectivity index (χ2v) is 10.4. The van der Waals surface area contributed by atoms with Gasteiger partial charge in [0.25, 0.3) is 5.91 Å². The summed E-state index contributed by atoms with van der Waals surface area (Å²) in [5.41, 5.74) is 1.72. The van der Waals surface area contributed by atoms with Crippen LogP contribution in [0.2, 0.25) is 0 Å². The van der Waals surface area contributed by atoms with E-state index in [0.29, 0.717) is 31.0 Å². The van der Waals surface area contributed by atoms with Gasteiger partial charge >= 0.3 is 0 Å². The highest BCUT2D eigenvalue weighted by Crippen LogP contribution is 2.40. The highest BCUT2D eigenvalue weighted by atomic mass is 32.1. The maximum absolute atomic E-state index is 13.0. The van der Waals surface area contributed by atoms with E-state index < -0.39 is 0 Å². The number of aryl methyl sites for hydroxylation is 1. The Morgan fingerprint density at radius 1 is 1.21 bits per heavy atom. The van der Waals surface area contributed by atoms with Crippen LogP contribution in [-0.4, -0.2) is 60.9 Å². The minimum absolute atomic E-state index is 0.0842. The first kappa shape index (κ1) is 21.3. The quantitative estimate of drug-likeness (QED) is 0.819. The molecule has 1 aromatic heterocycles. The standard InChI is InChI=1S/C22H35N3O2S/c1-5-8-23-20(26)15-24-9-11-25(12-10-24)21(27)19-14-16-13-17(22(2,3)4)6-7-18(16)28-19/h14,17H,5-13,15H2,1-4H3,(H,23,26). The fourth-order valence-electron chi connectivity index (χ4n) is 4.16. The number of rotatable bonds is 5. The van der Waals surface area contributed by atoms with Gasteiger partial charge in [-0.05, 0) is 48.6 Å². The number of nitrogens with one attached hydrogen (secondary N) is 1. The van der Waals surface area contributed by atoms with E-state index in [9.17, 15) is 9.59 Å². The van der Waals surface area contributed by atoms with Crippen LogP contribution in [-0.2, 0) is 17.6 Å². The van der Waals surface area contributed by atoms with E-state index in [2.05, 4.69) is 44.0 Å². The molecule has 2 amide bonds. The van der Waals surface area contributed by atoms with Crippen molar-refractivity contribution in [2.24, 2.45) is 11.3 Å². The normalized spacial score (nSPS) is 20.7. The summed E-state index contributed by atoms with van der Waals surface area (Å²) in [6.45, 7) is 13.1. The van der Waals surface area contributed by atoms with E-state index in [1.54, 1.807) is 11.3 Å². The molecule has 0 aromatic carbocycles. The van der Waals surface area contributed by atoms with Gasteiger partial charge in [0.1, 0.15) is 0 Å². The third-order valence-corrected chi connectivity index (χ3v) is 7.34. The van der Waals surface area contributed by atoms with Gasteiger partial charge in [0, 0.05) is 37.6 Å². The molecule has 2 aliphatic rings. The van der Waals surface area contributed by atoms with Crippen molar-refractivity contribution < 1.29 is 9.59 Å². The molecule has 2 heterocycles. The first-order valence-corrected chi connectivity index (χ1v) is 11.5. The molecule has 1 aromatic rings. The van der Waals surface area contributed by atoms with E-state index in [0.717, 1.165) is 43.8 Å². The number of nitrogens with zero attached hydrogens (tertiary/aromatic N) is 2. The van der Waals surface area contributed by atoms with Crippen LogP contribution in [0.4, 0.5) is 0 Å². The number of carbonyl (C=O) groups is 2. The van der Waals surface area contributed by atoms with Crippen molar-refractivity contribution in [2.45, 2.75) is 53.4 Å². The Balaban J connectivity index is 1.54. The molecule has 1 aliphatic carbocycles. The fraction of sp³-hybridized carbons (Fsp3) is 0.727. The summed E-state index contributed by atoms with van der Waals surface area (Å²) in [6, 6.07) is 2.16. The van der Waals surface area contributed by atoms with Gasteiger partial charge in [-0.25, -0.2) is 0 Å². The monoisotopic (exact) mass is 405 g/mol. The predicted molar refractivity (Wildman–Crippen MR) is 115 cm³/mol. The lowest BCUT2D eigenvalue weighted by molar-refractivity contribution is -0.122. The van der Waals surface area contributed by atoms with Crippen molar-refractivity contribution in [1.82, 2.24) is 15.1 Å². The molecule has 1 aliphatic heterocycles. The molecule has 5 nitrogen and oxygen atoms in total. The fourth-order valence-corrected chi connectivity index (χ4v) is 5.33. The second kappa shape index (κ2) is 8.95. The van der Waals surface area contributed by atoms with Crippen molar-refractivity contribution in [3.05, 3.63) is 21.4 Å². The molecular weight excluding hydrogens is 370 g/mol. The van der Waals surface area contributed by atoms with Gasteiger partial charge in [0.2, 0.25) is 5.91 Å². The van der Waals surface area contributed by atoms with Crippen LogP contribution < -0.4 is 5.32 Å². The number of thiophene rings is 1. The molecule has 3 rings (SSSR count). The second-order valence-electron chi connectivity index (χ2n) is 9.28. The van der Waals surface area contributed by atoms with Gasteiger partial charge in [0.15, 0.2) is 0 Å². The number of carbonyl (C=O) groups excluding carboxylic acids is 2. The van der Waals surface area contributed by atoms with Crippen LogP contribution in [0.1, 0.15) is 60.6 Å². The Hall–Kier alpha value is -1.40. The summed E-state index contributed by atoms with van der Waals surface area (Å²) in [7, 11) is 0. The highest BCUT2D eigenvalue weighted by molar-refractivity contribution is 7.14. The number of amides is 2. The van der Waals surface area contributed by atoms with Crippen LogP contribution in [0.15, 0.2) is 6.07 Å². The van der Waals surface area contributed by atoms with Crippen molar-refractivity contribution >= 4 is 23.2 Å². The van der Waals surface area contributed by atoms with Crippen molar-refractivity contribution in [3.8, 4) is 0 Å².